The molecule has 21 heavy (non-hydrogen) atoms. The first-order chi connectivity index (χ1) is 10.1. The maximum absolute atomic E-state index is 12.7. The van der Waals surface area contributed by atoms with Crippen LogP contribution in [0.15, 0.2) is 0 Å². The fraction of sp³-hybridized carbons (Fsp3) is 0.941. The largest absolute Gasteiger partial charge is 0.381 e. The molecule has 1 N–H and O–H groups in total. The van der Waals surface area contributed by atoms with E-state index in [0.29, 0.717) is 25.4 Å². The van der Waals surface area contributed by atoms with E-state index in [1.54, 1.807) is 0 Å². The van der Waals surface area contributed by atoms with Gasteiger partial charge in [0.2, 0.25) is 5.91 Å². The molecule has 1 amide bonds. The number of hydrogen-bond acceptors (Lipinski definition) is 3. The third-order valence-corrected chi connectivity index (χ3v) is 6.14. The average Bonchev–Trinajstić information content (AvgIpc) is 2.99. The van der Waals surface area contributed by atoms with Crippen molar-refractivity contribution in [3.63, 3.8) is 0 Å². The second-order valence-electron chi connectivity index (χ2n) is 7.32. The number of ether oxygens (including phenoxy) is 2. The van der Waals surface area contributed by atoms with Crippen molar-refractivity contribution >= 4 is 5.91 Å². The van der Waals surface area contributed by atoms with E-state index in [2.05, 4.69) is 19.2 Å². The van der Waals surface area contributed by atoms with Gasteiger partial charge in [0.1, 0.15) is 0 Å². The molecule has 1 saturated heterocycles. The number of hydrogen-bond donors (Lipinski definition) is 1. The third kappa shape index (κ3) is 2.61. The first-order valence-corrected chi connectivity index (χ1v) is 8.61. The predicted molar refractivity (Wildman–Crippen MR) is 81.0 cm³/mol. The Morgan fingerprint density at radius 3 is 2.52 bits per heavy atom. The van der Waals surface area contributed by atoms with Crippen molar-refractivity contribution in [1.82, 2.24) is 5.32 Å². The maximum Gasteiger partial charge on any atom is 0.226 e. The molecule has 4 heteroatoms. The third-order valence-electron chi connectivity index (χ3n) is 6.14. The summed E-state index contributed by atoms with van der Waals surface area (Å²) in [5.41, 5.74) is -0.0120. The molecule has 120 valence electrons. The second-order valence-corrected chi connectivity index (χ2v) is 7.32. The quantitative estimate of drug-likeness (QED) is 0.867. The van der Waals surface area contributed by atoms with Crippen molar-refractivity contribution < 1.29 is 14.3 Å². The smallest absolute Gasteiger partial charge is 0.226 e. The molecule has 2 atom stereocenters. The minimum atomic E-state index is -0.241. The van der Waals surface area contributed by atoms with Gasteiger partial charge in [-0.3, -0.25) is 4.79 Å². The van der Waals surface area contributed by atoms with Crippen LogP contribution in [-0.2, 0) is 14.3 Å². The number of amides is 1. The van der Waals surface area contributed by atoms with Gasteiger partial charge < -0.3 is 14.8 Å². The summed E-state index contributed by atoms with van der Waals surface area (Å²) in [6.07, 6.45) is 8.01. The first kappa shape index (κ1) is 15.3. The van der Waals surface area contributed by atoms with Crippen molar-refractivity contribution in [3.8, 4) is 0 Å². The normalized spacial score (nSPS) is 33.6. The first-order valence-electron chi connectivity index (χ1n) is 8.61. The number of nitrogens with one attached hydrogen (secondary N) is 1. The van der Waals surface area contributed by atoms with Gasteiger partial charge in [0, 0.05) is 31.3 Å². The van der Waals surface area contributed by atoms with E-state index in [9.17, 15) is 4.79 Å². The fourth-order valence-electron chi connectivity index (χ4n) is 4.47. The highest BCUT2D eigenvalue weighted by Gasteiger charge is 2.57. The van der Waals surface area contributed by atoms with Gasteiger partial charge in [0.05, 0.1) is 11.5 Å². The molecule has 0 aromatic rings. The van der Waals surface area contributed by atoms with Gasteiger partial charge in [-0.2, -0.15) is 0 Å². The Morgan fingerprint density at radius 1 is 1.24 bits per heavy atom. The van der Waals surface area contributed by atoms with Gasteiger partial charge >= 0.3 is 0 Å². The standard InChI is InChI=1S/C17H29NO3/c1-3-21-14-12-13(17(14)6-4-5-7-17)18-15(19)16(2)8-10-20-11-9-16/h13-14H,3-12H2,1-2H3,(H,18,19). The van der Waals surface area contributed by atoms with Crippen molar-refractivity contribution in [2.75, 3.05) is 19.8 Å². The highest BCUT2D eigenvalue weighted by molar-refractivity contribution is 5.82. The summed E-state index contributed by atoms with van der Waals surface area (Å²) in [5.74, 6) is 0.233. The monoisotopic (exact) mass is 295 g/mol. The second kappa shape index (κ2) is 5.88. The summed E-state index contributed by atoms with van der Waals surface area (Å²) >= 11 is 0. The Kier molecular flexibility index (Phi) is 4.28. The van der Waals surface area contributed by atoms with Crippen molar-refractivity contribution in [2.24, 2.45) is 10.8 Å². The van der Waals surface area contributed by atoms with Crippen LogP contribution in [0.4, 0.5) is 0 Å². The van der Waals surface area contributed by atoms with E-state index in [4.69, 9.17) is 9.47 Å². The minimum absolute atomic E-state index is 0.229. The van der Waals surface area contributed by atoms with Crippen molar-refractivity contribution in [2.45, 2.75) is 70.9 Å². The molecule has 3 fully saturated rings. The lowest BCUT2D eigenvalue weighted by Gasteiger charge is -2.54. The van der Waals surface area contributed by atoms with E-state index in [1.807, 2.05) is 0 Å². The zero-order chi connectivity index (χ0) is 14.9. The fourth-order valence-corrected chi connectivity index (χ4v) is 4.47. The Morgan fingerprint density at radius 2 is 1.90 bits per heavy atom. The van der Waals surface area contributed by atoms with Crippen LogP contribution in [0.3, 0.4) is 0 Å². The van der Waals surface area contributed by atoms with Crippen LogP contribution in [-0.4, -0.2) is 37.9 Å². The molecule has 2 saturated carbocycles. The summed E-state index contributed by atoms with van der Waals surface area (Å²) in [4.78, 5) is 12.7. The molecular formula is C17H29NO3. The highest BCUT2D eigenvalue weighted by Crippen LogP contribution is 2.55. The summed E-state index contributed by atoms with van der Waals surface area (Å²) in [6, 6.07) is 0.323. The van der Waals surface area contributed by atoms with Gasteiger partial charge in [-0.15, -0.1) is 0 Å². The lowest BCUT2D eigenvalue weighted by Crippen LogP contribution is -2.65. The topological polar surface area (TPSA) is 47.6 Å². The molecule has 1 heterocycles. The van der Waals surface area contributed by atoms with Gasteiger partial charge in [-0.25, -0.2) is 0 Å². The SMILES string of the molecule is CCOC1CC(NC(=O)C2(C)CCOCC2)C12CCCC2. The van der Waals surface area contributed by atoms with Crippen molar-refractivity contribution in [1.29, 1.82) is 0 Å². The van der Waals surface area contributed by atoms with Crippen LogP contribution < -0.4 is 5.32 Å². The van der Waals surface area contributed by atoms with Gasteiger partial charge in [-0.1, -0.05) is 19.8 Å². The lowest BCUT2D eigenvalue weighted by molar-refractivity contribution is -0.153. The van der Waals surface area contributed by atoms with E-state index in [-0.39, 0.29) is 16.7 Å². The van der Waals surface area contributed by atoms with Crippen LogP contribution in [0, 0.1) is 10.8 Å². The molecule has 1 spiro atoms. The summed E-state index contributed by atoms with van der Waals surface area (Å²) in [6.45, 7) is 6.35. The van der Waals surface area contributed by atoms with Crippen molar-refractivity contribution in [3.05, 3.63) is 0 Å². The number of carbonyl (C=O) groups excluding carboxylic acids is 1. The van der Waals surface area contributed by atoms with E-state index in [1.165, 1.54) is 25.7 Å². The molecule has 2 aliphatic carbocycles. The van der Waals surface area contributed by atoms with Gasteiger partial charge in [-0.05, 0) is 39.0 Å². The minimum Gasteiger partial charge on any atom is -0.381 e. The van der Waals surface area contributed by atoms with Crippen LogP contribution >= 0.6 is 0 Å². The molecule has 0 aromatic carbocycles. The number of carbonyl (C=O) groups is 1. The van der Waals surface area contributed by atoms with Crippen LogP contribution in [0.25, 0.3) is 0 Å². The molecule has 0 aromatic heterocycles. The molecule has 2 unspecified atom stereocenters. The molecule has 3 aliphatic rings. The summed E-state index contributed by atoms with van der Waals surface area (Å²) in [5, 5.41) is 3.37. The van der Waals surface area contributed by atoms with Crippen LogP contribution in [0.5, 0.6) is 0 Å². The Balaban J connectivity index is 1.63. The summed E-state index contributed by atoms with van der Waals surface area (Å²) in [7, 11) is 0. The lowest BCUT2D eigenvalue weighted by atomic mass is 9.60. The Labute approximate surface area is 127 Å². The Bertz CT molecular complexity index is 383. The van der Waals surface area contributed by atoms with Crippen LogP contribution in [0.1, 0.15) is 58.8 Å². The van der Waals surface area contributed by atoms with E-state index in [0.717, 1.165) is 25.9 Å². The van der Waals surface area contributed by atoms with Gasteiger partial charge in [0.25, 0.3) is 0 Å². The van der Waals surface area contributed by atoms with E-state index >= 15 is 0 Å². The molecule has 0 bridgehead atoms. The average molecular weight is 295 g/mol. The molecule has 0 radical (unpaired) electrons. The maximum atomic E-state index is 12.7. The van der Waals surface area contributed by atoms with E-state index < -0.39 is 0 Å². The molecule has 4 nitrogen and oxygen atoms in total. The summed E-state index contributed by atoms with van der Waals surface area (Å²) < 4.78 is 11.3. The number of rotatable bonds is 4. The van der Waals surface area contributed by atoms with Crippen LogP contribution in [0.2, 0.25) is 0 Å². The Hall–Kier alpha value is -0.610. The zero-order valence-electron chi connectivity index (χ0n) is 13.5. The molecular weight excluding hydrogens is 266 g/mol. The zero-order valence-corrected chi connectivity index (χ0v) is 13.5. The van der Waals surface area contributed by atoms with Gasteiger partial charge in [0.15, 0.2) is 0 Å². The molecule has 3 rings (SSSR count). The molecule has 1 aliphatic heterocycles. The highest BCUT2D eigenvalue weighted by atomic mass is 16.5. The predicted octanol–water partition coefficient (Wildman–Crippen LogP) is 2.66.